The van der Waals surface area contributed by atoms with E-state index >= 15 is 0 Å². The van der Waals surface area contributed by atoms with Gasteiger partial charge in [-0.15, -0.1) is 0 Å². The Labute approximate surface area is 164 Å². The minimum absolute atomic E-state index is 0.0149. The lowest BCUT2D eigenvalue weighted by Crippen LogP contribution is -2.48. The molecule has 1 saturated heterocycles. The highest BCUT2D eigenvalue weighted by molar-refractivity contribution is 7.91. The number of carbonyl (C=O) groups is 2. The molecule has 1 saturated carbocycles. The second kappa shape index (κ2) is 8.38. The lowest BCUT2D eigenvalue weighted by atomic mass is 10.1. The topological polar surface area (TPSA) is 110 Å². The quantitative estimate of drug-likeness (QED) is 0.707. The van der Waals surface area contributed by atoms with E-state index in [0.717, 1.165) is 25.7 Å². The summed E-state index contributed by atoms with van der Waals surface area (Å²) in [6.45, 7) is -0.489. The number of amides is 1. The number of aromatic hydroxyl groups is 1. The van der Waals surface area contributed by atoms with Gasteiger partial charge in [-0.25, -0.2) is 13.2 Å². The van der Waals surface area contributed by atoms with E-state index < -0.39 is 28.3 Å². The minimum Gasteiger partial charge on any atom is -0.507 e. The Hall–Kier alpha value is -2.29. The number of sulfone groups is 1. The molecule has 1 aliphatic heterocycles. The number of benzene rings is 1. The van der Waals surface area contributed by atoms with Crippen molar-refractivity contribution in [1.82, 2.24) is 4.90 Å². The van der Waals surface area contributed by atoms with Crippen molar-refractivity contribution >= 4 is 21.7 Å². The molecule has 2 fully saturated rings. The molecule has 1 aliphatic carbocycles. The fourth-order valence-electron chi connectivity index (χ4n) is 3.97. The van der Waals surface area contributed by atoms with Crippen LogP contribution in [0.2, 0.25) is 0 Å². The first-order chi connectivity index (χ1) is 13.3. The highest BCUT2D eigenvalue weighted by Gasteiger charge is 2.39. The fourth-order valence-corrected chi connectivity index (χ4v) is 5.68. The van der Waals surface area contributed by atoms with E-state index in [-0.39, 0.29) is 34.9 Å². The average molecular weight is 411 g/mol. The molecular weight excluding hydrogens is 386 g/mol. The Kier molecular flexibility index (Phi) is 6.12. The lowest BCUT2D eigenvalue weighted by molar-refractivity contribution is -0.139. The van der Waals surface area contributed by atoms with Gasteiger partial charge < -0.3 is 19.5 Å². The first-order valence-corrected chi connectivity index (χ1v) is 11.2. The number of ether oxygens (including phenoxy) is 2. The summed E-state index contributed by atoms with van der Waals surface area (Å²) in [5.41, 5.74) is -0.0653. The summed E-state index contributed by atoms with van der Waals surface area (Å²) >= 11 is 0. The van der Waals surface area contributed by atoms with Gasteiger partial charge in [-0.1, -0.05) is 12.8 Å². The minimum atomic E-state index is -3.14. The van der Waals surface area contributed by atoms with Crippen LogP contribution >= 0.6 is 0 Å². The summed E-state index contributed by atoms with van der Waals surface area (Å²) in [4.78, 5) is 26.7. The molecule has 9 heteroatoms. The predicted molar refractivity (Wildman–Crippen MR) is 101 cm³/mol. The molecule has 1 amide bonds. The van der Waals surface area contributed by atoms with Crippen LogP contribution in [-0.4, -0.2) is 67.6 Å². The largest absolute Gasteiger partial charge is 0.507 e. The van der Waals surface area contributed by atoms with Gasteiger partial charge in [0.05, 0.1) is 18.6 Å². The molecule has 1 N–H and O–H groups in total. The third-order valence-corrected chi connectivity index (χ3v) is 7.11. The Morgan fingerprint density at radius 1 is 1.18 bits per heavy atom. The zero-order chi connectivity index (χ0) is 20.3. The first-order valence-electron chi connectivity index (χ1n) is 9.36. The summed E-state index contributed by atoms with van der Waals surface area (Å²) in [5, 5.41) is 9.93. The number of methoxy groups -OCH3 is 1. The number of phenolic OH excluding ortho intramolecular Hbond substituents is 1. The molecule has 1 atom stereocenters. The van der Waals surface area contributed by atoms with Gasteiger partial charge >= 0.3 is 5.97 Å². The summed E-state index contributed by atoms with van der Waals surface area (Å²) in [6, 6.07) is 3.77. The highest BCUT2D eigenvalue weighted by Crippen LogP contribution is 2.29. The highest BCUT2D eigenvalue weighted by atomic mass is 32.2. The second-order valence-electron chi connectivity index (χ2n) is 7.26. The number of carbonyl (C=O) groups excluding carboxylic acids is 2. The molecule has 1 heterocycles. The van der Waals surface area contributed by atoms with Gasteiger partial charge in [0.15, 0.2) is 16.4 Å². The number of phenols is 1. The zero-order valence-corrected chi connectivity index (χ0v) is 16.6. The number of hydrogen-bond acceptors (Lipinski definition) is 7. The normalized spacial score (nSPS) is 21.4. The van der Waals surface area contributed by atoms with Crippen molar-refractivity contribution in [2.24, 2.45) is 0 Å². The fraction of sp³-hybridized carbons (Fsp3) is 0.579. The van der Waals surface area contributed by atoms with Gasteiger partial charge in [-0.05, 0) is 31.4 Å². The maximum atomic E-state index is 12.8. The van der Waals surface area contributed by atoms with E-state index in [1.54, 1.807) is 4.90 Å². The molecular formula is C19H25NO7S. The van der Waals surface area contributed by atoms with Crippen molar-refractivity contribution in [2.75, 3.05) is 25.2 Å². The van der Waals surface area contributed by atoms with Crippen LogP contribution < -0.4 is 4.74 Å². The SMILES string of the molecule is COc1ccc(C(=O)OCC(=O)N(C2CCCC2)[C@@H]2CCS(=O)(=O)C2)c(O)c1. The molecule has 0 spiro atoms. The molecule has 0 aromatic heterocycles. The number of rotatable bonds is 6. The smallest absolute Gasteiger partial charge is 0.342 e. The second-order valence-corrected chi connectivity index (χ2v) is 9.48. The van der Waals surface area contributed by atoms with Gasteiger partial charge in [-0.3, -0.25) is 4.79 Å². The summed E-state index contributed by atoms with van der Waals surface area (Å²) in [7, 11) is -1.70. The molecule has 8 nitrogen and oxygen atoms in total. The van der Waals surface area contributed by atoms with Crippen LogP contribution in [0.25, 0.3) is 0 Å². The van der Waals surface area contributed by atoms with Crippen LogP contribution in [0.5, 0.6) is 11.5 Å². The van der Waals surface area contributed by atoms with Crippen molar-refractivity contribution in [3.05, 3.63) is 23.8 Å². The van der Waals surface area contributed by atoms with Crippen molar-refractivity contribution in [3.8, 4) is 11.5 Å². The molecule has 1 aromatic rings. The maximum absolute atomic E-state index is 12.8. The number of esters is 1. The zero-order valence-electron chi connectivity index (χ0n) is 15.8. The van der Waals surface area contributed by atoms with E-state index in [9.17, 15) is 23.1 Å². The molecule has 28 heavy (non-hydrogen) atoms. The summed E-state index contributed by atoms with van der Waals surface area (Å²) < 4.78 is 33.8. The third kappa shape index (κ3) is 4.57. The van der Waals surface area contributed by atoms with E-state index in [2.05, 4.69) is 0 Å². The van der Waals surface area contributed by atoms with Crippen LogP contribution in [0.3, 0.4) is 0 Å². The van der Waals surface area contributed by atoms with Crippen LogP contribution in [0.15, 0.2) is 18.2 Å². The van der Waals surface area contributed by atoms with E-state index in [1.807, 2.05) is 0 Å². The Morgan fingerprint density at radius 3 is 2.46 bits per heavy atom. The Bertz CT molecular complexity index is 846. The average Bonchev–Trinajstić information content (AvgIpc) is 3.29. The summed E-state index contributed by atoms with van der Waals surface area (Å²) in [5.74, 6) is -1.09. The summed E-state index contributed by atoms with van der Waals surface area (Å²) in [6.07, 6.45) is 4.06. The molecule has 0 radical (unpaired) electrons. The molecule has 0 unspecified atom stereocenters. The van der Waals surface area contributed by atoms with Crippen molar-refractivity contribution in [2.45, 2.75) is 44.2 Å². The van der Waals surface area contributed by atoms with E-state index in [0.29, 0.717) is 12.2 Å². The standard InChI is InChI=1S/C19H25NO7S/c1-26-15-6-7-16(17(21)10-15)19(23)27-11-18(22)20(13-4-2-3-5-13)14-8-9-28(24,25)12-14/h6-7,10,13-14,21H,2-5,8-9,11-12H2,1H3/t14-/m1/s1. The monoisotopic (exact) mass is 411 g/mol. The van der Waals surface area contributed by atoms with Crippen LogP contribution in [0, 0.1) is 0 Å². The van der Waals surface area contributed by atoms with Crippen LogP contribution in [0.4, 0.5) is 0 Å². The van der Waals surface area contributed by atoms with Gasteiger partial charge in [0.25, 0.3) is 5.91 Å². The van der Waals surface area contributed by atoms with E-state index in [1.165, 1.54) is 25.3 Å². The van der Waals surface area contributed by atoms with Gasteiger partial charge in [0.1, 0.15) is 17.1 Å². The predicted octanol–water partition coefficient (Wildman–Crippen LogP) is 1.52. The maximum Gasteiger partial charge on any atom is 0.342 e. The molecule has 154 valence electrons. The van der Waals surface area contributed by atoms with E-state index in [4.69, 9.17) is 9.47 Å². The Morgan fingerprint density at radius 2 is 1.89 bits per heavy atom. The van der Waals surface area contributed by atoms with Crippen LogP contribution in [0.1, 0.15) is 42.5 Å². The Balaban J connectivity index is 1.67. The lowest BCUT2D eigenvalue weighted by Gasteiger charge is -2.33. The first kappa shape index (κ1) is 20.4. The van der Waals surface area contributed by atoms with Gasteiger partial charge in [0.2, 0.25) is 0 Å². The van der Waals surface area contributed by atoms with Gasteiger partial charge in [0, 0.05) is 18.2 Å². The molecule has 0 bridgehead atoms. The number of hydrogen-bond donors (Lipinski definition) is 1. The van der Waals surface area contributed by atoms with Crippen LogP contribution in [-0.2, 0) is 19.4 Å². The van der Waals surface area contributed by atoms with Crippen molar-refractivity contribution in [1.29, 1.82) is 0 Å². The van der Waals surface area contributed by atoms with Gasteiger partial charge in [-0.2, -0.15) is 0 Å². The molecule has 3 rings (SSSR count). The molecule has 1 aromatic carbocycles. The van der Waals surface area contributed by atoms with Crippen molar-refractivity contribution in [3.63, 3.8) is 0 Å². The number of nitrogens with zero attached hydrogens (tertiary/aromatic N) is 1. The molecule has 2 aliphatic rings. The third-order valence-electron chi connectivity index (χ3n) is 5.36. The van der Waals surface area contributed by atoms with Crippen molar-refractivity contribution < 1.29 is 32.6 Å².